The first-order valence-corrected chi connectivity index (χ1v) is 13.2. The number of rotatable bonds is 5. The summed E-state index contributed by atoms with van der Waals surface area (Å²) in [5, 5.41) is 0. The number of aryl methyl sites for hydroxylation is 1. The van der Waals surface area contributed by atoms with Gasteiger partial charge in [-0.1, -0.05) is 0 Å². The number of morpholine rings is 1. The van der Waals surface area contributed by atoms with Gasteiger partial charge in [-0.05, 0) is 70.1 Å². The van der Waals surface area contributed by atoms with Crippen LogP contribution in [-0.2, 0) is 26.2 Å². The molecular weight excluding hydrogens is 506 g/mol. The zero-order valence-electron chi connectivity index (χ0n) is 23.4. The lowest BCUT2D eigenvalue weighted by Crippen LogP contribution is -2.63. The molecule has 3 aromatic rings. The minimum atomic E-state index is -0.680. The molecule has 5 rings (SSSR count). The van der Waals surface area contributed by atoms with Crippen LogP contribution in [0, 0.1) is 18.6 Å². The normalized spacial score (nSPS) is 19.4. The molecule has 2 fully saturated rings. The number of amides is 1. The third-order valence-electron chi connectivity index (χ3n) is 8.02. The molecule has 8 nitrogen and oxygen atoms in total. The fourth-order valence-corrected chi connectivity index (χ4v) is 5.51. The highest BCUT2D eigenvalue weighted by atomic mass is 19.1. The molecule has 1 unspecified atom stereocenters. The second kappa shape index (κ2) is 10.1. The van der Waals surface area contributed by atoms with Crippen LogP contribution in [0.25, 0.3) is 16.9 Å². The van der Waals surface area contributed by atoms with E-state index in [-0.39, 0.29) is 22.9 Å². The Balaban J connectivity index is 1.57. The Hall–Kier alpha value is -3.08. The smallest absolute Gasteiger partial charge is 0.409 e. The van der Waals surface area contributed by atoms with E-state index in [4.69, 9.17) is 14.2 Å². The summed E-state index contributed by atoms with van der Waals surface area (Å²) in [4.78, 5) is 20.5. The lowest BCUT2D eigenvalue weighted by atomic mass is 9.82. The summed E-state index contributed by atoms with van der Waals surface area (Å²) in [6.07, 6.45) is 1.33. The fraction of sp³-hybridized carbons (Fsp3) is 0.517. The maximum absolute atomic E-state index is 16.0. The first-order valence-electron chi connectivity index (χ1n) is 13.2. The number of ether oxygens (including phenoxy) is 3. The largest absolute Gasteiger partial charge is 0.453 e. The second-order valence-electron chi connectivity index (χ2n) is 11.5. The molecule has 2 aliphatic rings. The average molecular weight is 543 g/mol. The minimum absolute atomic E-state index is 0.176. The summed E-state index contributed by atoms with van der Waals surface area (Å²) in [5.41, 5.74) is 1.90. The molecule has 0 radical (unpaired) electrons. The third kappa shape index (κ3) is 4.90. The van der Waals surface area contributed by atoms with Gasteiger partial charge >= 0.3 is 6.09 Å². The molecular formula is C29H36F2N4O4. The van der Waals surface area contributed by atoms with Gasteiger partial charge in [0.25, 0.3) is 0 Å². The molecule has 1 aromatic carbocycles. The van der Waals surface area contributed by atoms with E-state index >= 15 is 8.78 Å². The Morgan fingerprint density at radius 2 is 1.92 bits per heavy atom. The number of carbonyl (C=O) groups is 1. The van der Waals surface area contributed by atoms with E-state index in [0.717, 1.165) is 5.56 Å². The number of carbonyl (C=O) groups excluding carboxylic acids is 1. The number of nitrogens with zero attached hydrogens (tertiary/aromatic N) is 4. The van der Waals surface area contributed by atoms with Gasteiger partial charge in [0.15, 0.2) is 0 Å². The quantitative estimate of drug-likeness (QED) is 0.471. The number of methoxy groups -OCH3 is 1. The number of benzene rings is 1. The number of likely N-dealkylation sites (N-methyl/N-ethyl adjacent to an activating group) is 1. The number of fused-ring (bicyclic) bond motifs is 1. The lowest BCUT2D eigenvalue weighted by Gasteiger charge is -2.53. The van der Waals surface area contributed by atoms with Gasteiger partial charge in [-0.2, -0.15) is 0 Å². The molecule has 10 heteroatoms. The summed E-state index contributed by atoms with van der Waals surface area (Å²) in [5.74, 6) is -1.36. The van der Waals surface area contributed by atoms with Crippen molar-refractivity contribution in [2.24, 2.45) is 0 Å². The van der Waals surface area contributed by atoms with Gasteiger partial charge in [0.05, 0.1) is 62.1 Å². The maximum Gasteiger partial charge on any atom is 0.409 e. The van der Waals surface area contributed by atoms with E-state index in [1.807, 2.05) is 36.7 Å². The fourth-order valence-electron chi connectivity index (χ4n) is 5.51. The van der Waals surface area contributed by atoms with Crippen molar-refractivity contribution in [2.45, 2.75) is 51.3 Å². The summed E-state index contributed by atoms with van der Waals surface area (Å²) in [6, 6.07) is 6.62. The molecule has 0 N–H and O–H groups in total. The van der Waals surface area contributed by atoms with Crippen molar-refractivity contribution in [3.63, 3.8) is 0 Å². The number of imidazole rings is 1. The third-order valence-corrected chi connectivity index (χ3v) is 8.02. The van der Waals surface area contributed by atoms with Crippen LogP contribution in [0.1, 0.15) is 37.6 Å². The first kappa shape index (κ1) is 27.5. The molecule has 1 atom stereocenters. The lowest BCUT2D eigenvalue weighted by molar-refractivity contribution is -0.163. The number of halogens is 2. The summed E-state index contributed by atoms with van der Waals surface area (Å²) in [6.45, 7) is 9.90. The van der Waals surface area contributed by atoms with E-state index in [0.29, 0.717) is 56.2 Å². The van der Waals surface area contributed by atoms with E-state index in [2.05, 4.69) is 30.7 Å². The second-order valence-corrected chi connectivity index (χ2v) is 11.5. The van der Waals surface area contributed by atoms with Crippen molar-refractivity contribution in [3.05, 3.63) is 58.9 Å². The minimum Gasteiger partial charge on any atom is -0.453 e. The number of hydrogen-bond acceptors (Lipinski definition) is 6. The Morgan fingerprint density at radius 1 is 1.23 bits per heavy atom. The van der Waals surface area contributed by atoms with Gasteiger partial charge in [0.2, 0.25) is 0 Å². The van der Waals surface area contributed by atoms with E-state index in [9.17, 15) is 4.79 Å². The van der Waals surface area contributed by atoms with Gasteiger partial charge in [-0.25, -0.2) is 18.6 Å². The molecule has 39 heavy (non-hydrogen) atoms. The van der Waals surface area contributed by atoms with Crippen LogP contribution in [0.3, 0.4) is 0 Å². The monoisotopic (exact) mass is 542 g/mol. The zero-order chi connectivity index (χ0) is 28.1. The molecule has 2 aliphatic heterocycles. The Bertz CT molecular complexity index is 1370. The first-order chi connectivity index (χ1) is 18.4. The van der Waals surface area contributed by atoms with Crippen LogP contribution in [0.4, 0.5) is 13.6 Å². The highest BCUT2D eigenvalue weighted by Crippen LogP contribution is 2.42. The number of pyridine rings is 1. The van der Waals surface area contributed by atoms with Crippen LogP contribution >= 0.6 is 0 Å². The van der Waals surface area contributed by atoms with E-state index in [1.165, 1.54) is 19.2 Å². The van der Waals surface area contributed by atoms with Crippen LogP contribution in [0.15, 0.2) is 30.5 Å². The van der Waals surface area contributed by atoms with Crippen molar-refractivity contribution in [2.75, 3.05) is 47.1 Å². The SMILES string of the molecule is COC(=O)N1CCOC(Cc2c(-c3c(F)cc(C4(N(C)C(C)(C)C)COC4)cc3F)nc3cc(C)ccn23)C1. The van der Waals surface area contributed by atoms with Gasteiger partial charge in [0.1, 0.15) is 17.3 Å². The van der Waals surface area contributed by atoms with Crippen molar-refractivity contribution in [3.8, 4) is 11.3 Å². The van der Waals surface area contributed by atoms with Crippen molar-refractivity contribution >= 4 is 11.7 Å². The Kier molecular flexibility index (Phi) is 7.15. The van der Waals surface area contributed by atoms with Crippen LogP contribution in [0.2, 0.25) is 0 Å². The van der Waals surface area contributed by atoms with Gasteiger partial charge < -0.3 is 23.5 Å². The zero-order valence-corrected chi connectivity index (χ0v) is 23.4. The van der Waals surface area contributed by atoms with Gasteiger partial charge in [0, 0.05) is 24.7 Å². The Labute approximate surface area is 227 Å². The molecule has 0 saturated carbocycles. The molecule has 0 bridgehead atoms. The van der Waals surface area contributed by atoms with Crippen LogP contribution < -0.4 is 0 Å². The molecule has 4 heterocycles. The van der Waals surface area contributed by atoms with Crippen molar-refractivity contribution < 1.29 is 27.8 Å². The molecule has 0 aliphatic carbocycles. The van der Waals surface area contributed by atoms with Crippen molar-refractivity contribution in [1.82, 2.24) is 19.2 Å². The Morgan fingerprint density at radius 3 is 2.51 bits per heavy atom. The number of aromatic nitrogens is 2. The highest BCUT2D eigenvalue weighted by molar-refractivity contribution is 5.69. The van der Waals surface area contributed by atoms with Crippen LogP contribution in [0.5, 0.6) is 0 Å². The molecule has 0 spiro atoms. The summed E-state index contributed by atoms with van der Waals surface area (Å²) in [7, 11) is 3.29. The average Bonchev–Trinajstić information content (AvgIpc) is 3.18. The standard InChI is InChI=1S/C29H36F2N4O4/c1-18-7-8-35-23(14-20-15-34(9-10-39-20)27(36)37-6)26(32-24(35)11-18)25-21(30)12-19(13-22(25)31)29(16-38-17-29)33(5)28(2,3)4/h7-8,11-13,20H,9-10,14-17H2,1-6H3. The number of hydrogen-bond donors (Lipinski definition) is 0. The maximum atomic E-state index is 16.0. The molecule has 2 saturated heterocycles. The highest BCUT2D eigenvalue weighted by Gasteiger charge is 2.48. The molecule has 2 aromatic heterocycles. The predicted octanol–water partition coefficient (Wildman–Crippen LogP) is 4.55. The topological polar surface area (TPSA) is 68.5 Å². The van der Waals surface area contributed by atoms with E-state index in [1.54, 1.807) is 4.90 Å². The summed E-state index contributed by atoms with van der Waals surface area (Å²) < 4.78 is 50.2. The van der Waals surface area contributed by atoms with Gasteiger partial charge in [-0.15, -0.1) is 0 Å². The van der Waals surface area contributed by atoms with Gasteiger partial charge in [-0.3, -0.25) is 4.90 Å². The van der Waals surface area contributed by atoms with Crippen LogP contribution in [-0.4, -0.2) is 84.0 Å². The molecule has 210 valence electrons. The molecule has 1 amide bonds. The summed E-state index contributed by atoms with van der Waals surface area (Å²) >= 11 is 0. The van der Waals surface area contributed by atoms with E-state index < -0.39 is 23.3 Å². The predicted molar refractivity (Wildman–Crippen MR) is 143 cm³/mol. The van der Waals surface area contributed by atoms with Crippen molar-refractivity contribution in [1.29, 1.82) is 0 Å².